The molecule has 1 saturated heterocycles. The van der Waals surface area contributed by atoms with Crippen molar-refractivity contribution < 1.29 is 52.4 Å². The lowest BCUT2D eigenvalue weighted by atomic mass is 9.90. The molecule has 216 valence electrons. The number of methoxy groups -OCH3 is 1. The van der Waals surface area contributed by atoms with Gasteiger partial charge in [-0.1, -0.05) is 31.2 Å². The number of hydrogen-bond acceptors (Lipinski definition) is 11. The van der Waals surface area contributed by atoms with Crippen molar-refractivity contribution in [1.29, 1.82) is 0 Å². The maximum Gasteiger partial charge on any atom is 0.410 e. The second kappa shape index (κ2) is 13.4. The van der Waals surface area contributed by atoms with Gasteiger partial charge in [-0.15, -0.1) is 0 Å². The van der Waals surface area contributed by atoms with Gasteiger partial charge in [0.25, 0.3) is 0 Å². The molecule has 1 heterocycles. The first-order valence-corrected chi connectivity index (χ1v) is 12.4. The predicted molar refractivity (Wildman–Crippen MR) is 135 cm³/mol. The molecule has 0 aromatic heterocycles. The largest absolute Gasteiger partial charge is 0.467 e. The van der Waals surface area contributed by atoms with Gasteiger partial charge >= 0.3 is 30.0 Å². The van der Waals surface area contributed by atoms with Gasteiger partial charge in [0.05, 0.1) is 13.5 Å². The molecule has 1 aliphatic rings. The number of carbonyl (C=O) groups excluding carboxylic acids is 5. The maximum atomic E-state index is 13.1. The van der Waals surface area contributed by atoms with Gasteiger partial charge < -0.3 is 33.3 Å². The average Bonchev–Trinajstić information content (AvgIpc) is 2.82. The van der Waals surface area contributed by atoms with Crippen LogP contribution in [0.4, 0.5) is 4.79 Å². The van der Waals surface area contributed by atoms with Crippen LogP contribution in [0.1, 0.15) is 52.7 Å². The summed E-state index contributed by atoms with van der Waals surface area (Å²) in [5.74, 6) is -3.77. The molecular formula is C27H37NO11. The summed E-state index contributed by atoms with van der Waals surface area (Å²) in [5, 5.41) is 0. The fourth-order valence-electron chi connectivity index (χ4n) is 4.00. The highest BCUT2D eigenvalue weighted by molar-refractivity contribution is 5.76. The number of rotatable bonds is 8. The summed E-state index contributed by atoms with van der Waals surface area (Å²) in [6.07, 6.45) is -6.08. The number of esters is 4. The molecule has 0 N–H and O–H groups in total. The van der Waals surface area contributed by atoms with Crippen LogP contribution in [0.15, 0.2) is 24.3 Å². The number of hydrogen-bond donors (Lipinski definition) is 0. The van der Waals surface area contributed by atoms with Gasteiger partial charge in [-0.3, -0.25) is 14.4 Å². The van der Waals surface area contributed by atoms with Crippen LogP contribution in [-0.2, 0) is 60.6 Å². The molecule has 1 amide bonds. The molecule has 12 nitrogen and oxygen atoms in total. The fourth-order valence-corrected chi connectivity index (χ4v) is 4.00. The first-order valence-electron chi connectivity index (χ1n) is 12.4. The van der Waals surface area contributed by atoms with Crippen LogP contribution in [0.2, 0.25) is 0 Å². The van der Waals surface area contributed by atoms with Gasteiger partial charge in [-0.25, -0.2) is 9.59 Å². The molecule has 0 unspecified atom stereocenters. The summed E-state index contributed by atoms with van der Waals surface area (Å²) in [5.41, 5.74) is 0.561. The Balaban J connectivity index is 2.26. The standard InChI is InChI=1S/C27H37NO11/c1-15-21(35-16(2)29)23(36-17(3)30)25(38-22(15)24(32)34-8)37-20(31)13-18-11-9-10-12-19(18)14-28(7)26(33)39-27(4,5)6/h9-12,15,21-23,25H,13-14H2,1-8H3/t15-,21-,22-,23+,25+/m0/s1. The predicted octanol–water partition coefficient (Wildman–Crippen LogP) is 2.54. The van der Waals surface area contributed by atoms with E-state index in [1.165, 1.54) is 4.90 Å². The Morgan fingerprint density at radius 3 is 2.03 bits per heavy atom. The highest BCUT2D eigenvalue weighted by atomic mass is 16.7. The lowest BCUT2D eigenvalue weighted by Crippen LogP contribution is -2.59. The van der Waals surface area contributed by atoms with E-state index in [0.29, 0.717) is 11.1 Å². The monoisotopic (exact) mass is 551 g/mol. The normalized spacial score (nSPS) is 22.7. The molecule has 5 atom stereocenters. The minimum absolute atomic E-state index is 0.158. The smallest absolute Gasteiger partial charge is 0.410 e. The zero-order valence-corrected chi connectivity index (χ0v) is 23.5. The summed E-state index contributed by atoms with van der Waals surface area (Å²) in [6, 6.07) is 6.95. The van der Waals surface area contributed by atoms with Crippen molar-refractivity contribution in [2.45, 2.75) is 84.7 Å². The maximum absolute atomic E-state index is 13.1. The van der Waals surface area contributed by atoms with Gasteiger partial charge in [0.2, 0.25) is 12.4 Å². The molecule has 1 aliphatic heterocycles. The Hall–Kier alpha value is -3.67. The van der Waals surface area contributed by atoms with Crippen molar-refractivity contribution in [3.05, 3.63) is 35.4 Å². The quantitative estimate of drug-likeness (QED) is 0.347. The van der Waals surface area contributed by atoms with Crippen molar-refractivity contribution in [2.24, 2.45) is 5.92 Å². The van der Waals surface area contributed by atoms with Crippen LogP contribution in [0.5, 0.6) is 0 Å². The molecule has 0 saturated carbocycles. The van der Waals surface area contributed by atoms with E-state index in [1.807, 2.05) is 0 Å². The van der Waals surface area contributed by atoms with E-state index >= 15 is 0 Å². The van der Waals surface area contributed by atoms with Gasteiger partial charge in [-0.05, 0) is 31.9 Å². The van der Waals surface area contributed by atoms with Gasteiger partial charge in [0.15, 0.2) is 12.2 Å². The zero-order chi connectivity index (χ0) is 29.5. The summed E-state index contributed by atoms with van der Waals surface area (Å²) >= 11 is 0. The van der Waals surface area contributed by atoms with Crippen LogP contribution in [0.25, 0.3) is 0 Å². The third-order valence-corrected chi connectivity index (χ3v) is 5.72. The van der Waals surface area contributed by atoms with Gasteiger partial charge in [0, 0.05) is 33.4 Å². The highest BCUT2D eigenvalue weighted by Crippen LogP contribution is 2.32. The number of benzene rings is 1. The van der Waals surface area contributed by atoms with E-state index in [4.69, 9.17) is 28.4 Å². The third-order valence-electron chi connectivity index (χ3n) is 5.72. The van der Waals surface area contributed by atoms with Crippen molar-refractivity contribution in [3.8, 4) is 0 Å². The van der Waals surface area contributed by atoms with E-state index in [1.54, 1.807) is 59.0 Å². The summed E-state index contributed by atoms with van der Waals surface area (Å²) in [4.78, 5) is 62.8. The average molecular weight is 552 g/mol. The SMILES string of the molecule is COC(=O)[C@H]1O[C@@H](OC(=O)Cc2ccccc2CN(C)C(=O)OC(C)(C)C)[C@H](OC(C)=O)[C@@H](OC(C)=O)[C@@H]1C. The summed E-state index contributed by atoms with van der Waals surface area (Å²) in [7, 11) is 2.73. The van der Waals surface area contributed by atoms with Crippen LogP contribution in [-0.4, -0.2) is 79.2 Å². The second-order valence-corrected chi connectivity index (χ2v) is 10.2. The van der Waals surface area contributed by atoms with Crippen LogP contribution >= 0.6 is 0 Å². The van der Waals surface area contributed by atoms with Crippen molar-refractivity contribution in [2.75, 3.05) is 14.2 Å². The van der Waals surface area contributed by atoms with Gasteiger partial charge in [-0.2, -0.15) is 0 Å². The lowest BCUT2D eigenvalue weighted by Gasteiger charge is -2.42. The lowest BCUT2D eigenvalue weighted by molar-refractivity contribution is -0.281. The Bertz CT molecular complexity index is 1060. The Kier molecular flexibility index (Phi) is 10.8. The highest BCUT2D eigenvalue weighted by Gasteiger charge is 2.52. The molecule has 1 aromatic rings. The minimum atomic E-state index is -1.57. The molecule has 0 radical (unpaired) electrons. The topological polar surface area (TPSA) is 144 Å². The van der Waals surface area contributed by atoms with E-state index in [9.17, 15) is 24.0 Å². The van der Waals surface area contributed by atoms with E-state index in [-0.39, 0.29) is 13.0 Å². The Labute approximate surface area is 227 Å². The Morgan fingerprint density at radius 1 is 0.923 bits per heavy atom. The summed E-state index contributed by atoms with van der Waals surface area (Å²) < 4.78 is 32.1. The third kappa shape index (κ3) is 9.24. The number of nitrogens with zero attached hydrogens (tertiary/aromatic N) is 1. The number of amides is 1. The van der Waals surface area contributed by atoms with Crippen LogP contribution in [0.3, 0.4) is 0 Å². The first-order chi connectivity index (χ1) is 18.1. The zero-order valence-electron chi connectivity index (χ0n) is 23.5. The number of ether oxygens (including phenoxy) is 6. The summed E-state index contributed by atoms with van der Waals surface area (Å²) in [6.45, 7) is 9.29. The van der Waals surface area contributed by atoms with E-state index < -0.39 is 66.1 Å². The second-order valence-electron chi connectivity index (χ2n) is 10.2. The molecule has 12 heteroatoms. The fraction of sp³-hybridized carbons (Fsp3) is 0.593. The van der Waals surface area contributed by atoms with Gasteiger partial charge in [0.1, 0.15) is 5.60 Å². The molecule has 0 aliphatic carbocycles. The molecule has 0 spiro atoms. The first kappa shape index (κ1) is 31.5. The Morgan fingerprint density at radius 2 is 1.49 bits per heavy atom. The minimum Gasteiger partial charge on any atom is -0.467 e. The molecular weight excluding hydrogens is 514 g/mol. The van der Waals surface area contributed by atoms with Crippen LogP contribution in [0, 0.1) is 5.92 Å². The molecule has 2 rings (SSSR count). The molecule has 1 fully saturated rings. The van der Waals surface area contributed by atoms with Crippen molar-refractivity contribution >= 4 is 30.0 Å². The number of carbonyl (C=O) groups is 5. The molecule has 39 heavy (non-hydrogen) atoms. The van der Waals surface area contributed by atoms with Crippen molar-refractivity contribution in [1.82, 2.24) is 4.90 Å². The molecule has 1 aromatic carbocycles. The van der Waals surface area contributed by atoms with Crippen molar-refractivity contribution in [3.63, 3.8) is 0 Å². The van der Waals surface area contributed by atoms with E-state index in [0.717, 1.165) is 21.0 Å². The van der Waals surface area contributed by atoms with Crippen LogP contribution < -0.4 is 0 Å². The van der Waals surface area contributed by atoms with E-state index in [2.05, 4.69) is 0 Å². The molecule has 0 bridgehead atoms.